The van der Waals surface area contributed by atoms with E-state index in [2.05, 4.69) is 20.9 Å². The number of hydrogen-bond acceptors (Lipinski definition) is 5. The number of amides is 2. The molecule has 1 aromatic carbocycles. The van der Waals surface area contributed by atoms with Crippen LogP contribution >= 0.6 is 11.8 Å². The van der Waals surface area contributed by atoms with Gasteiger partial charge in [0.15, 0.2) is 0 Å². The summed E-state index contributed by atoms with van der Waals surface area (Å²) >= 11 is 1.52. The number of anilines is 1. The maximum Gasteiger partial charge on any atom is 0.405 e. The first kappa shape index (κ1) is 24.2. The normalized spacial score (nSPS) is 17.2. The Balaban J connectivity index is 1.91. The first-order chi connectivity index (χ1) is 14.8. The molecule has 0 radical (unpaired) electrons. The number of carbonyl (C=O) groups is 2. The van der Waals surface area contributed by atoms with Crippen LogP contribution in [-0.4, -0.2) is 53.6 Å². The zero-order valence-corrected chi connectivity index (χ0v) is 19.3. The minimum atomic E-state index is -4.33. The lowest BCUT2D eigenvalue weighted by Gasteiger charge is -2.24. The standard InChI is InChI=1S/C22H27F3N4O2S/c1-12-5-17(20(31)26-8-14-9-32-10-18(30)28-14)29-19-15(12)6-13(27-11-22(23,24)25)7-16(19)21(2,3)4/h5-7,14,27H,8-11H2,1-4H3,(H,26,31)(H,28,30)/t14-/m1/s1. The number of hydrogen-bond donors (Lipinski definition) is 3. The second kappa shape index (κ2) is 9.17. The third-order valence-electron chi connectivity index (χ3n) is 5.08. The van der Waals surface area contributed by atoms with Crippen LogP contribution in [0, 0.1) is 6.92 Å². The summed E-state index contributed by atoms with van der Waals surface area (Å²) in [5.74, 6) is 0.729. The van der Waals surface area contributed by atoms with Gasteiger partial charge in [-0.2, -0.15) is 13.2 Å². The van der Waals surface area contributed by atoms with Crippen LogP contribution in [0.3, 0.4) is 0 Å². The van der Waals surface area contributed by atoms with E-state index in [1.54, 1.807) is 25.1 Å². The van der Waals surface area contributed by atoms with Gasteiger partial charge in [0.2, 0.25) is 5.91 Å². The lowest BCUT2D eigenvalue weighted by atomic mass is 9.84. The SMILES string of the molecule is Cc1cc(C(=O)NC[C@@H]2CSCC(=O)N2)nc2c(C(C)(C)C)cc(NCC(F)(F)F)cc12. The van der Waals surface area contributed by atoms with Crippen molar-refractivity contribution in [3.8, 4) is 0 Å². The molecule has 2 aromatic rings. The molecule has 1 aromatic heterocycles. The van der Waals surface area contributed by atoms with Crippen LogP contribution in [0.2, 0.25) is 0 Å². The zero-order chi connectivity index (χ0) is 23.7. The van der Waals surface area contributed by atoms with E-state index in [9.17, 15) is 22.8 Å². The maximum absolute atomic E-state index is 12.8. The molecule has 1 saturated heterocycles. The van der Waals surface area contributed by atoms with Crippen molar-refractivity contribution < 1.29 is 22.8 Å². The van der Waals surface area contributed by atoms with E-state index < -0.39 is 18.1 Å². The van der Waals surface area contributed by atoms with E-state index >= 15 is 0 Å². The third kappa shape index (κ3) is 6.05. The number of aryl methyl sites for hydroxylation is 1. The summed E-state index contributed by atoms with van der Waals surface area (Å²) in [7, 11) is 0. The van der Waals surface area contributed by atoms with Gasteiger partial charge in [-0.25, -0.2) is 4.98 Å². The van der Waals surface area contributed by atoms with E-state index in [4.69, 9.17) is 0 Å². The predicted octanol–water partition coefficient (Wildman–Crippen LogP) is 3.78. The molecule has 1 fully saturated rings. The highest BCUT2D eigenvalue weighted by molar-refractivity contribution is 8.00. The zero-order valence-electron chi connectivity index (χ0n) is 18.4. The fourth-order valence-electron chi connectivity index (χ4n) is 3.50. The summed E-state index contributed by atoms with van der Waals surface area (Å²) in [5, 5.41) is 8.80. The van der Waals surface area contributed by atoms with Gasteiger partial charge in [0.25, 0.3) is 5.91 Å². The molecule has 174 valence electrons. The number of carbonyl (C=O) groups excluding carboxylic acids is 2. The van der Waals surface area contributed by atoms with Crippen LogP contribution in [0.1, 0.15) is 42.4 Å². The molecule has 3 rings (SSSR count). The number of pyridine rings is 1. The highest BCUT2D eigenvalue weighted by Gasteiger charge is 2.28. The molecular weight excluding hydrogens is 441 g/mol. The van der Waals surface area contributed by atoms with Gasteiger partial charge in [0.05, 0.1) is 17.3 Å². The molecule has 0 unspecified atom stereocenters. The molecule has 32 heavy (non-hydrogen) atoms. The largest absolute Gasteiger partial charge is 0.405 e. The van der Waals surface area contributed by atoms with Crippen LogP contribution in [-0.2, 0) is 10.2 Å². The first-order valence-corrected chi connectivity index (χ1v) is 11.4. The fraction of sp³-hybridized carbons (Fsp3) is 0.500. The summed E-state index contributed by atoms with van der Waals surface area (Å²) in [5.41, 5.74) is 2.24. The number of aromatic nitrogens is 1. The molecule has 1 atom stereocenters. The number of halogens is 3. The molecule has 0 saturated carbocycles. The maximum atomic E-state index is 12.8. The Labute approximate surface area is 189 Å². The van der Waals surface area contributed by atoms with Crippen LogP contribution in [0.4, 0.5) is 18.9 Å². The minimum absolute atomic E-state index is 0.0510. The van der Waals surface area contributed by atoms with Gasteiger partial charge in [-0.1, -0.05) is 20.8 Å². The smallest absolute Gasteiger partial charge is 0.376 e. The number of nitrogens with one attached hydrogen (secondary N) is 3. The van der Waals surface area contributed by atoms with Gasteiger partial charge in [0.1, 0.15) is 12.2 Å². The Kier molecular flexibility index (Phi) is 6.92. The van der Waals surface area contributed by atoms with Crippen molar-refractivity contribution in [1.29, 1.82) is 0 Å². The highest BCUT2D eigenvalue weighted by atomic mass is 32.2. The molecule has 10 heteroatoms. The molecule has 0 spiro atoms. The van der Waals surface area contributed by atoms with E-state index in [1.807, 2.05) is 20.8 Å². The molecule has 6 nitrogen and oxygen atoms in total. The van der Waals surface area contributed by atoms with Crippen molar-refractivity contribution in [1.82, 2.24) is 15.6 Å². The summed E-state index contributed by atoms with van der Waals surface area (Å²) in [6.45, 7) is 6.81. The van der Waals surface area contributed by atoms with Crippen molar-refractivity contribution in [2.75, 3.05) is 29.9 Å². The number of thioether (sulfide) groups is 1. The lowest BCUT2D eigenvalue weighted by Crippen LogP contribution is -2.48. The summed E-state index contributed by atoms with van der Waals surface area (Å²) in [6.07, 6.45) is -4.33. The van der Waals surface area contributed by atoms with Crippen LogP contribution < -0.4 is 16.0 Å². The first-order valence-electron chi connectivity index (χ1n) is 10.3. The van der Waals surface area contributed by atoms with Gasteiger partial charge in [0, 0.05) is 23.4 Å². The molecule has 1 aliphatic rings. The molecule has 0 aliphatic carbocycles. The van der Waals surface area contributed by atoms with Gasteiger partial charge < -0.3 is 16.0 Å². The third-order valence-corrected chi connectivity index (χ3v) is 6.18. The monoisotopic (exact) mass is 468 g/mol. The number of alkyl halides is 3. The quantitative estimate of drug-likeness (QED) is 0.622. The summed E-state index contributed by atoms with van der Waals surface area (Å²) in [4.78, 5) is 28.9. The minimum Gasteiger partial charge on any atom is -0.376 e. The number of benzene rings is 1. The Morgan fingerprint density at radius 1 is 1.25 bits per heavy atom. The molecular formula is C22H27F3N4O2S. The molecule has 0 bridgehead atoms. The van der Waals surface area contributed by atoms with Crippen molar-refractivity contribution in [2.24, 2.45) is 0 Å². The second-order valence-corrected chi connectivity index (χ2v) is 9.98. The molecule has 2 heterocycles. The van der Waals surface area contributed by atoms with Crippen molar-refractivity contribution in [3.05, 3.63) is 35.0 Å². The van der Waals surface area contributed by atoms with E-state index in [0.29, 0.717) is 28.9 Å². The summed E-state index contributed by atoms with van der Waals surface area (Å²) in [6, 6.07) is 4.79. The van der Waals surface area contributed by atoms with Gasteiger partial charge in [-0.3, -0.25) is 9.59 Å². The lowest BCUT2D eigenvalue weighted by molar-refractivity contribution is -0.119. The average Bonchev–Trinajstić information content (AvgIpc) is 2.69. The highest BCUT2D eigenvalue weighted by Crippen LogP contribution is 2.34. The number of rotatable bonds is 5. The van der Waals surface area contributed by atoms with Crippen LogP contribution in [0.15, 0.2) is 18.2 Å². The van der Waals surface area contributed by atoms with Crippen molar-refractivity contribution in [3.63, 3.8) is 0 Å². The molecule has 1 aliphatic heterocycles. The Morgan fingerprint density at radius 2 is 1.97 bits per heavy atom. The van der Waals surface area contributed by atoms with Gasteiger partial charge in [-0.15, -0.1) is 11.8 Å². The fourth-order valence-corrected chi connectivity index (χ4v) is 4.38. The predicted molar refractivity (Wildman–Crippen MR) is 121 cm³/mol. The Hall–Kier alpha value is -2.49. The van der Waals surface area contributed by atoms with E-state index in [1.165, 1.54) is 11.8 Å². The van der Waals surface area contributed by atoms with Crippen molar-refractivity contribution >= 4 is 40.2 Å². The molecule has 3 N–H and O–H groups in total. The number of nitrogens with zero attached hydrogens (tertiary/aromatic N) is 1. The number of fused-ring (bicyclic) bond motifs is 1. The Morgan fingerprint density at radius 3 is 2.59 bits per heavy atom. The van der Waals surface area contributed by atoms with Crippen molar-refractivity contribution in [2.45, 2.75) is 45.3 Å². The molecule has 2 amide bonds. The van der Waals surface area contributed by atoms with Gasteiger partial charge >= 0.3 is 6.18 Å². The average molecular weight is 469 g/mol. The summed E-state index contributed by atoms with van der Waals surface area (Å²) < 4.78 is 38.1. The Bertz CT molecular complexity index is 1030. The topological polar surface area (TPSA) is 83.1 Å². The van der Waals surface area contributed by atoms with E-state index in [-0.39, 0.29) is 23.6 Å². The second-order valence-electron chi connectivity index (χ2n) is 8.95. The van der Waals surface area contributed by atoms with Gasteiger partial charge in [-0.05, 0) is 41.7 Å². The van der Waals surface area contributed by atoms with Crippen LogP contribution in [0.25, 0.3) is 10.9 Å². The van der Waals surface area contributed by atoms with E-state index in [0.717, 1.165) is 16.9 Å². The van der Waals surface area contributed by atoms with Crippen LogP contribution in [0.5, 0.6) is 0 Å².